The topological polar surface area (TPSA) is 67.2 Å². The highest BCUT2D eigenvalue weighted by Crippen LogP contribution is 2.20. The molecule has 0 unspecified atom stereocenters. The number of hydrogen-bond donors (Lipinski definition) is 1. The molecule has 1 N–H and O–H groups in total. The molecule has 1 amide bonds. The number of carbonyl (C=O) groups is 1. The molecule has 2 heterocycles. The first-order valence-corrected chi connectivity index (χ1v) is 9.47. The van der Waals surface area contributed by atoms with E-state index in [4.69, 9.17) is 0 Å². The summed E-state index contributed by atoms with van der Waals surface area (Å²) in [7, 11) is 1.98. The van der Waals surface area contributed by atoms with Gasteiger partial charge in [-0.3, -0.25) is 14.2 Å². The van der Waals surface area contributed by atoms with E-state index in [9.17, 15) is 9.59 Å². The van der Waals surface area contributed by atoms with Crippen molar-refractivity contribution in [1.82, 2.24) is 19.8 Å². The number of aromatic nitrogens is 2. The van der Waals surface area contributed by atoms with Crippen molar-refractivity contribution in [2.75, 3.05) is 26.7 Å². The summed E-state index contributed by atoms with van der Waals surface area (Å²) in [4.78, 5) is 31.5. The monoisotopic (exact) mass is 392 g/mol. The minimum atomic E-state index is -0.0720. The Morgan fingerprint density at radius 2 is 2.04 bits per heavy atom. The van der Waals surface area contributed by atoms with Gasteiger partial charge in [-0.2, -0.15) is 0 Å². The zero-order valence-corrected chi connectivity index (χ0v) is 16.9. The first-order chi connectivity index (χ1) is 12.6. The molecule has 27 heavy (non-hydrogen) atoms. The maximum absolute atomic E-state index is 12.6. The summed E-state index contributed by atoms with van der Waals surface area (Å²) in [5.41, 5.74) is 1.66. The molecule has 0 saturated carbocycles. The lowest BCUT2D eigenvalue weighted by molar-refractivity contribution is -0.132. The van der Waals surface area contributed by atoms with Crippen LogP contribution >= 0.6 is 12.4 Å². The maximum atomic E-state index is 12.6. The number of hydrogen-bond acceptors (Lipinski definition) is 4. The first-order valence-electron chi connectivity index (χ1n) is 9.47. The SMILES string of the molecule is CNCCC1CCN(C(=O)CCn2cnc3c(C)cccc3c2=O)CC1.Cl. The number of halogens is 1. The predicted octanol–water partition coefficient (Wildman–Crippen LogP) is 2.36. The van der Waals surface area contributed by atoms with E-state index in [0.29, 0.717) is 24.3 Å². The largest absolute Gasteiger partial charge is 0.343 e. The van der Waals surface area contributed by atoms with Crippen molar-refractivity contribution in [3.63, 3.8) is 0 Å². The molecular weight excluding hydrogens is 364 g/mol. The van der Waals surface area contributed by atoms with E-state index >= 15 is 0 Å². The van der Waals surface area contributed by atoms with E-state index in [1.165, 1.54) is 6.42 Å². The van der Waals surface area contributed by atoms with Crippen molar-refractivity contribution in [1.29, 1.82) is 0 Å². The van der Waals surface area contributed by atoms with Gasteiger partial charge >= 0.3 is 0 Å². The molecule has 148 valence electrons. The number of rotatable bonds is 6. The Labute approximate surface area is 166 Å². The van der Waals surface area contributed by atoms with Crippen molar-refractivity contribution in [2.45, 2.75) is 39.2 Å². The fourth-order valence-corrected chi connectivity index (χ4v) is 3.69. The Balaban J connectivity index is 0.00000261. The molecule has 2 aromatic rings. The Hall–Kier alpha value is -1.92. The van der Waals surface area contributed by atoms with E-state index in [1.54, 1.807) is 17.0 Å². The van der Waals surface area contributed by atoms with Gasteiger partial charge < -0.3 is 10.2 Å². The summed E-state index contributed by atoms with van der Waals surface area (Å²) in [6.07, 6.45) is 5.24. The van der Waals surface area contributed by atoms with Gasteiger partial charge in [0.1, 0.15) is 0 Å². The standard InChI is InChI=1S/C20H28N4O2.ClH/c1-15-4-3-5-17-19(15)22-14-24(20(17)26)13-9-18(25)23-11-7-16(8-12-23)6-10-21-2;/h3-5,14,16,21H,6-13H2,1-2H3;1H. The van der Waals surface area contributed by atoms with E-state index in [0.717, 1.165) is 43.6 Å². The molecule has 6 nitrogen and oxygen atoms in total. The lowest BCUT2D eigenvalue weighted by Crippen LogP contribution is -2.39. The maximum Gasteiger partial charge on any atom is 0.261 e. The molecule has 1 aliphatic heterocycles. The fourth-order valence-electron chi connectivity index (χ4n) is 3.69. The third-order valence-corrected chi connectivity index (χ3v) is 5.39. The smallest absolute Gasteiger partial charge is 0.261 e. The van der Waals surface area contributed by atoms with Crippen molar-refractivity contribution in [3.8, 4) is 0 Å². The van der Waals surface area contributed by atoms with Crippen LogP contribution in [0, 0.1) is 12.8 Å². The quantitative estimate of drug-likeness (QED) is 0.819. The van der Waals surface area contributed by atoms with E-state index in [2.05, 4.69) is 10.3 Å². The number of aryl methyl sites for hydroxylation is 2. The van der Waals surface area contributed by atoms with Gasteiger partial charge in [0.25, 0.3) is 5.56 Å². The summed E-state index contributed by atoms with van der Waals surface area (Å²) in [5, 5.41) is 3.81. The number of amides is 1. The molecule has 3 rings (SSSR count). The zero-order chi connectivity index (χ0) is 18.5. The normalized spacial score (nSPS) is 15.0. The van der Waals surface area contributed by atoms with Crippen LogP contribution in [0.1, 0.15) is 31.2 Å². The molecule has 1 aliphatic rings. The summed E-state index contributed by atoms with van der Waals surface area (Å²) in [6, 6.07) is 5.61. The Bertz CT molecular complexity index is 828. The summed E-state index contributed by atoms with van der Waals surface area (Å²) < 4.78 is 1.55. The highest BCUT2D eigenvalue weighted by Gasteiger charge is 2.22. The molecule has 0 aliphatic carbocycles. The number of carbonyl (C=O) groups excluding carboxylic acids is 1. The minimum absolute atomic E-state index is 0. The highest BCUT2D eigenvalue weighted by molar-refractivity contribution is 5.85. The third kappa shape index (κ3) is 5.08. The van der Waals surface area contributed by atoms with Crippen LogP contribution in [0.3, 0.4) is 0 Å². The van der Waals surface area contributed by atoms with Crippen LogP contribution in [-0.2, 0) is 11.3 Å². The van der Waals surface area contributed by atoms with Gasteiger partial charge in [0, 0.05) is 26.1 Å². The number of piperidine rings is 1. The Morgan fingerprint density at radius 3 is 2.74 bits per heavy atom. The number of fused-ring (bicyclic) bond motifs is 1. The van der Waals surface area contributed by atoms with E-state index < -0.39 is 0 Å². The molecule has 0 spiro atoms. The van der Waals surface area contributed by atoms with Gasteiger partial charge in [0.15, 0.2) is 0 Å². The summed E-state index contributed by atoms with van der Waals surface area (Å²) in [5.74, 6) is 0.843. The molecule has 1 aromatic heterocycles. The van der Waals surface area contributed by atoms with Crippen LogP contribution < -0.4 is 10.9 Å². The second-order valence-corrected chi connectivity index (χ2v) is 7.18. The first kappa shape index (κ1) is 21.4. The molecule has 1 fully saturated rings. The van der Waals surface area contributed by atoms with Gasteiger partial charge in [-0.15, -0.1) is 12.4 Å². The molecule has 1 saturated heterocycles. The second-order valence-electron chi connectivity index (χ2n) is 7.18. The number of para-hydroxylation sites is 1. The number of nitrogens with zero attached hydrogens (tertiary/aromatic N) is 3. The second kappa shape index (κ2) is 9.85. The van der Waals surface area contributed by atoms with Crippen LogP contribution in [0.15, 0.2) is 29.3 Å². The summed E-state index contributed by atoms with van der Waals surface area (Å²) >= 11 is 0. The van der Waals surface area contributed by atoms with Gasteiger partial charge in [-0.05, 0) is 57.3 Å². The number of nitrogens with one attached hydrogen (secondary N) is 1. The summed E-state index contributed by atoms with van der Waals surface area (Å²) in [6.45, 7) is 5.03. The average Bonchev–Trinajstić information content (AvgIpc) is 2.66. The molecule has 0 radical (unpaired) electrons. The van der Waals surface area contributed by atoms with Crippen LogP contribution in [0.4, 0.5) is 0 Å². The van der Waals surface area contributed by atoms with Gasteiger partial charge in [0.2, 0.25) is 5.91 Å². The van der Waals surface area contributed by atoms with Crippen LogP contribution in [0.2, 0.25) is 0 Å². The van der Waals surface area contributed by atoms with E-state index in [1.807, 2.05) is 31.0 Å². The van der Waals surface area contributed by atoms with Crippen molar-refractivity contribution in [3.05, 3.63) is 40.4 Å². The highest BCUT2D eigenvalue weighted by atomic mass is 35.5. The number of likely N-dealkylation sites (tertiary alicyclic amines) is 1. The molecule has 7 heteroatoms. The van der Waals surface area contributed by atoms with Gasteiger partial charge in [0.05, 0.1) is 17.2 Å². The van der Waals surface area contributed by atoms with Crippen molar-refractivity contribution in [2.24, 2.45) is 5.92 Å². The minimum Gasteiger partial charge on any atom is -0.343 e. The van der Waals surface area contributed by atoms with Crippen LogP contribution in [0.5, 0.6) is 0 Å². The lowest BCUT2D eigenvalue weighted by atomic mass is 9.93. The van der Waals surface area contributed by atoms with Crippen molar-refractivity contribution < 1.29 is 4.79 Å². The molecule has 0 bridgehead atoms. The molecule has 0 atom stereocenters. The van der Waals surface area contributed by atoms with Gasteiger partial charge in [-0.25, -0.2) is 4.98 Å². The molecular formula is C20H29ClN4O2. The van der Waals surface area contributed by atoms with E-state index in [-0.39, 0.29) is 23.9 Å². The van der Waals surface area contributed by atoms with Crippen LogP contribution in [0.25, 0.3) is 10.9 Å². The fraction of sp³-hybridized carbons (Fsp3) is 0.550. The Morgan fingerprint density at radius 1 is 1.30 bits per heavy atom. The number of benzene rings is 1. The third-order valence-electron chi connectivity index (χ3n) is 5.39. The zero-order valence-electron chi connectivity index (χ0n) is 16.1. The lowest BCUT2D eigenvalue weighted by Gasteiger charge is -2.32. The average molecular weight is 393 g/mol. The molecule has 1 aromatic carbocycles. The predicted molar refractivity (Wildman–Crippen MR) is 110 cm³/mol. The Kier molecular flexibility index (Phi) is 7.80. The van der Waals surface area contributed by atoms with Gasteiger partial charge in [-0.1, -0.05) is 12.1 Å². The van der Waals surface area contributed by atoms with Crippen LogP contribution in [-0.4, -0.2) is 47.0 Å². The van der Waals surface area contributed by atoms with Crippen molar-refractivity contribution >= 4 is 29.2 Å².